The van der Waals surface area contributed by atoms with E-state index in [4.69, 9.17) is 0 Å². The minimum absolute atomic E-state index is 0.292. The zero-order valence-electron chi connectivity index (χ0n) is 10.5. The lowest BCUT2D eigenvalue weighted by Gasteiger charge is -2.23. The predicted octanol–water partition coefficient (Wildman–Crippen LogP) is 2.14. The van der Waals surface area contributed by atoms with E-state index < -0.39 is 5.97 Å². The molecule has 3 atom stereocenters. The van der Waals surface area contributed by atoms with Gasteiger partial charge in [0, 0.05) is 18.5 Å². The number of thiazole rings is 1. The normalized spacial score (nSPS) is 31.7. The molecular weight excluding hydrogens is 248 g/mol. The molecule has 0 radical (unpaired) electrons. The molecule has 1 saturated heterocycles. The Balaban J connectivity index is 1.77. The zero-order chi connectivity index (χ0) is 12.7. The first-order valence-electron chi connectivity index (χ1n) is 6.53. The fourth-order valence-corrected chi connectivity index (χ4v) is 4.19. The molecule has 0 bridgehead atoms. The summed E-state index contributed by atoms with van der Waals surface area (Å²) in [6, 6.07) is -0.292. The van der Waals surface area contributed by atoms with Crippen LogP contribution in [0.4, 0.5) is 0 Å². The third-order valence-electron chi connectivity index (χ3n) is 4.27. The van der Waals surface area contributed by atoms with E-state index in [2.05, 4.69) is 9.88 Å². The van der Waals surface area contributed by atoms with Crippen molar-refractivity contribution >= 4 is 17.3 Å². The van der Waals surface area contributed by atoms with Gasteiger partial charge in [0.25, 0.3) is 0 Å². The molecule has 1 aliphatic heterocycles. The molecule has 3 rings (SSSR count). The van der Waals surface area contributed by atoms with Crippen molar-refractivity contribution in [1.82, 2.24) is 9.88 Å². The van der Waals surface area contributed by atoms with Gasteiger partial charge in [-0.2, -0.15) is 0 Å². The average Bonchev–Trinajstić information content (AvgIpc) is 2.93. The number of carboxylic acids is 1. The first-order chi connectivity index (χ1) is 8.65. The molecule has 0 amide bonds. The number of hydrogen-bond donors (Lipinski definition) is 1. The standard InChI is InChI=1S/C13H18N2O2S/c1-8-14-10(7-18-8)6-15-5-9-3-2-4-11(9)12(15)13(16)17/h7,9,11-12H,2-6H2,1H3,(H,16,17). The highest BCUT2D eigenvalue weighted by atomic mass is 32.1. The quantitative estimate of drug-likeness (QED) is 0.910. The minimum atomic E-state index is -0.656. The molecule has 1 aliphatic carbocycles. The fourth-order valence-electron chi connectivity index (χ4n) is 3.58. The van der Waals surface area contributed by atoms with Crippen LogP contribution in [-0.2, 0) is 11.3 Å². The van der Waals surface area contributed by atoms with Gasteiger partial charge in [0.2, 0.25) is 0 Å². The van der Waals surface area contributed by atoms with Crippen molar-refractivity contribution in [3.63, 3.8) is 0 Å². The minimum Gasteiger partial charge on any atom is -0.480 e. The van der Waals surface area contributed by atoms with Gasteiger partial charge in [0.05, 0.1) is 10.7 Å². The molecule has 2 aliphatic rings. The van der Waals surface area contributed by atoms with E-state index in [1.807, 2.05) is 12.3 Å². The number of carbonyl (C=O) groups is 1. The number of aryl methyl sites for hydroxylation is 1. The monoisotopic (exact) mass is 266 g/mol. The maximum Gasteiger partial charge on any atom is 0.321 e. The van der Waals surface area contributed by atoms with Gasteiger partial charge in [-0.05, 0) is 31.6 Å². The maximum absolute atomic E-state index is 11.5. The Hall–Kier alpha value is -0.940. The molecule has 18 heavy (non-hydrogen) atoms. The summed E-state index contributed by atoms with van der Waals surface area (Å²) in [7, 11) is 0. The summed E-state index contributed by atoms with van der Waals surface area (Å²) >= 11 is 1.63. The Bertz CT molecular complexity index is 460. The van der Waals surface area contributed by atoms with Crippen molar-refractivity contribution in [2.24, 2.45) is 11.8 Å². The second-order valence-electron chi connectivity index (χ2n) is 5.43. The highest BCUT2D eigenvalue weighted by Crippen LogP contribution is 2.42. The third kappa shape index (κ3) is 2.06. The molecule has 1 aromatic heterocycles. The van der Waals surface area contributed by atoms with Crippen LogP contribution in [0.15, 0.2) is 5.38 Å². The highest BCUT2D eigenvalue weighted by Gasteiger charge is 2.47. The number of hydrogen-bond acceptors (Lipinski definition) is 4. The largest absolute Gasteiger partial charge is 0.480 e. The van der Waals surface area contributed by atoms with Crippen LogP contribution in [0.3, 0.4) is 0 Å². The number of aromatic nitrogens is 1. The summed E-state index contributed by atoms with van der Waals surface area (Å²) in [6.45, 7) is 3.61. The van der Waals surface area contributed by atoms with Crippen LogP contribution in [0.5, 0.6) is 0 Å². The first-order valence-corrected chi connectivity index (χ1v) is 7.41. The van der Waals surface area contributed by atoms with Gasteiger partial charge in [-0.15, -0.1) is 11.3 Å². The van der Waals surface area contributed by atoms with Gasteiger partial charge in [-0.1, -0.05) is 6.42 Å². The van der Waals surface area contributed by atoms with Crippen LogP contribution >= 0.6 is 11.3 Å². The molecule has 0 aromatic carbocycles. The van der Waals surface area contributed by atoms with Crippen LogP contribution in [-0.4, -0.2) is 33.5 Å². The van der Waals surface area contributed by atoms with E-state index in [9.17, 15) is 9.90 Å². The van der Waals surface area contributed by atoms with Gasteiger partial charge < -0.3 is 5.11 Å². The van der Waals surface area contributed by atoms with Crippen LogP contribution in [0.25, 0.3) is 0 Å². The fraction of sp³-hybridized carbons (Fsp3) is 0.692. The molecule has 3 unspecified atom stereocenters. The summed E-state index contributed by atoms with van der Waals surface area (Å²) in [5.41, 5.74) is 1.02. The molecule has 2 heterocycles. The highest BCUT2D eigenvalue weighted by molar-refractivity contribution is 7.09. The van der Waals surface area contributed by atoms with Crippen LogP contribution in [0.2, 0.25) is 0 Å². The van der Waals surface area contributed by atoms with E-state index in [1.54, 1.807) is 11.3 Å². The Morgan fingerprint density at radius 2 is 2.44 bits per heavy atom. The molecule has 1 saturated carbocycles. The number of likely N-dealkylation sites (tertiary alicyclic amines) is 1. The molecule has 2 fully saturated rings. The summed E-state index contributed by atoms with van der Waals surface area (Å²) in [5.74, 6) is 0.296. The van der Waals surface area contributed by atoms with Gasteiger partial charge in [0.1, 0.15) is 6.04 Å². The third-order valence-corrected chi connectivity index (χ3v) is 5.09. The molecule has 98 valence electrons. The van der Waals surface area contributed by atoms with Crippen LogP contribution < -0.4 is 0 Å². The molecule has 1 N–H and O–H groups in total. The van der Waals surface area contributed by atoms with E-state index in [1.165, 1.54) is 12.8 Å². The van der Waals surface area contributed by atoms with E-state index in [-0.39, 0.29) is 6.04 Å². The molecule has 1 aromatic rings. The first kappa shape index (κ1) is 12.1. The topological polar surface area (TPSA) is 53.4 Å². The molecular formula is C13H18N2O2S. The summed E-state index contributed by atoms with van der Waals surface area (Å²) in [4.78, 5) is 18.1. The van der Waals surface area contributed by atoms with Gasteiger partial charge in [-0.3, -0.25) is 9.69 Å². The second-order valence-corrected chi connectivity index (χ2v) is 6.49. The molecule has 4 nitrogen and oxygen atoms in total. The van der Waals surface area contributed by atoms with Crippen LogP contribution in [0, 0.1) is 18.8 Å². The Morgan fingerprint density at radius 3 is 3.11 bits per heavy atom. The number of carboxylic acid groups (broad SMARTS) is 1. The van der Waals surface area contributed by atoms with Gasteiger partial charge in [0.15, 0.2) is 0 Å². The van der Waals surface area contributed by atoms with Crippen molar-refractivity contribution in [1.29, 1.82) is 0 Å². The Labute approximate surface area is 111 Å². The lowest BCUT2D eigenvalue weighted by Crippen LogP contribution is -2.39. The lowest BCUT2D eigenvalue weighted by molar-refractivity contribution is -0.143. The average molecular weight is 266 g/mol. The van der Waals surface area contributed by atoms with E-state index in [0.29, 0.717) is 18.4 Å². The lowest BCUT2D eigenvalue weighted by atomic mass is 9.94. The smallest absolute Gasteiger partial charge is 0.321 e. The van der Waals surface area contributed by atoms with Gasteiger partial charge >= 0.3 is 5.97 Å². The van der Waals surface area contributed by atoms with Crippen LogP contribution in [0.1, 0.15) is 30.0 Å². The summed E-state index contributed by atoms with van der Waals surface area (Å²) < 4.78 is 0. The number of rotatable bonds is 3. The maximum atomic E-state index is 11.5. The summed E-state index contributed by atoms with van der Waals surface area (Å²) in [6.07, 6.45) is 3.47. The zero-order valence-corrected chi connectivity index (χ0v) is 11.3. The van der Waals surface area contributed by atoms with Crippen molar-refractivity contribution in [3.8, 4) is 0 Å². The van der Waals surface area contributed by atoms with E-state index in [0.717, 1.165) is 23.7 Å². The second kappa shape index (κ2) is 4.63. The molecule has 5 heteroatoms. The Morgan fingerprint density at radius 1 is 1.61 bits per heavy atom. The SMILES string of the molecule is Cc1nc(CN2CC3CCCC3C2C(=O)O)cs1. The van der Waals surface area contributed by atoms with Crippen molar-refractivity contribution in [3.05, 3.63) is 16.1 Å². The van der Waals surface area contributed by atoms with Crippen molar-refractivity contribution < 1.29 is 9.90 Å². The summed E-state index contributed by atoms with van der Waals surface area (Å²) in [5, 5.41) is 12.6. The Kier molecular flexibility index (Phi) is 3.11. The van der Waals surface area contributed by atoms with Gasteiger partial charge in [-0.25, -0.2) is 4.98 Å². The van der Waals surface area contributed by atoms with E-state index >= 15 is 0 Å². The number of fused-ring (bicyclic) bond motifs is 1. The number of nitrogens with zero attached hydrogens (tertiary/aromatic N) is 2. The number of aliphatic carboxylic acids is 1. The van der Waals surface area contributed by atoms with Crippen molar-refractivity contribution in [2.75, 3.05) is 6.54 Å². The van der Waals surface area contributed by atoms with Crippen molar-refractivity contribution in [2.45, 2.75) is 38.8 Å². The predicted molar refractivity (Wildman–Crippen MR) is 69.5 cm³/mol. The molecule has 0 spiro atoms.